The Morgan fingerprint density at radius 1 is 1.19 bits per heavy atom. The fraction of sp³-hybridized carbons (Fsp3) is 0.160. The molecule has 2 aromatic carbocycles. The summed E-state index contributed by atoms with van der Waals surface area (Å²) in [5.41, 5.74) is 4.12. The van der Waals surface area contributed by atoms with Gasteiger partial charge in [-0.05, 0) is 30.0 Å². The van der Waals surface area contributed by atoms with Gasteiger partial charge in [-0.2, -0.15) is 10.4 Å². The van der Waals surface area contributed by atoms with Gasteiger partial charge in [0.1, 0.15) is 12.3 Å². The van der Waals surface area contributed by atoms with Gasteiger partial charge in [-0.1, -0.05) is 36.0 Å². The van der Waals surface area contributed by atoms with E-state index in [0.29, 0.717) is 23.7 Å². The molecule has 0 spiro atoms. The van der Waals surface area contributed by atoms with E-state index in [1.54, 1.807) is 31.0 Å². The van der Waals surface area contributed by atoms with E-state index in [0.717, 1.165) is 39.5 Å². The Balaban J connectivity index is 1.65. The Labute approximate surface area is 189 Å². The van der Waals surface area contributed by atoms with E-state index in [4.69, 9.17) is 19.8 Å². The number of pyridine rings is 1. The fourth-order valence-electron chi connectivity index (χ4n) is 3.80. The Hall–Kier alpha value is -3.76. The molecule has 4 aromatic rings. The maximum atomic E-state index is 9.13. The van der Waals surface area contributed by atoms with Gasteiger partial charge in [-0.25, -0.2) is 0 Å². The van der Waals surface area contributed by atoms with Gasteiger partial charge in [0.2, 0.25) is 0 Å². The molecule has 0 bridgehead atoms. The molecular weight excluding hydrogens is 420 g/mol. The summed E-state index contributed by atoms with van der Waals surface area (Å²) in [6.45, 7) is 0.482. The first-order valence-electron chi connectivity index (χ1n) is 10.2. The van der Waals surface area contributed by atoms with Crippen molar-refractivity contribution in [2.45, 2.75) is 6.42 Å². The third-order valence-electron chi connectivity index (χ3n) is 5.42. The van der Waals surface area contributed by atoms with Gasteiger partial charge >= 0.3 is 0 Å². The molecule has 0 saturated carbocycles. The lowest BCUT2D eigenvalue weighted by molar-refractivity contribution is 0.325. The van der Waals surface area contributed by atoms with E-state index in [9.17, 15) is 0 Å². The van der Waals surface area contributed by atoms with Crippen molar-refractivity contribution in [1.82, 2.24) is 14.8 Å². The summed E-state index contributed by atoms with van der Waals surface area (Å²) in [6.07, 6.45) is 7.05. The molecule has 1 aliphatic rings. The van der Waals surface area contributed by atoms with Crippen LogP contribution in [-0.4, -0.2) is 28.5 Å². The van der Waals surface area contributed by atoms with Crippen molar-refractivity contribution < 1.29 is 9.47 Å². The van der Waals surface area contributed by atoms with Gasteiger partial charge in [-0.3, -0.25) is 9.67 Å². The Bertz CT molecular complexity index is 1430. The van der Waals surface area contributed by atoms with Gasteiger partial charge < -0.3 is 9.47 Å². The van der Waals surface area contributed by atoms with Gasteiger partial charge in [0.25, 0.3) is 0 Å². The summed E-state index contributed by atoms with van der Waals surface area (Å²) in [5, 5.41) is 17.9. The number of hydrogen-bond donors (Lipinski definition) is 0. The lowest BCUT2D eigenvalue weighted by Gasteiger charge is -2.14. The van der Waals surface area contributed by atoms with E-state index in [1.165, 1.54) is 4.91 Å². The van der Waals surface area contributed by atoms with Crippen molar-refractivity contribution in [2.24, 2.45) is 7.05 Å². The Kier molecular flexibility index (Phi) is 5.29. The van der Waals surface area contributed by atoms with Crippen molar-refractivity contribution >= 4 is 33.6 Å². The number of aromatic nitrogens is 3. The summed E-state index contributed by atoms with van der Waals surface area (Å²) in [4.78, 5) is 5.81. The molecule has 6 nitrogen and oxygen atoms in total. The van der Waals surface area contributed by atoms with Gasteiger partial charge in [-0.15, -0.1) is 0 Å². The number of thioether (sulfide) groups is 1. The van der Waals surface area contributed by atoms with Crippen LogP contribution in [0, 0.1) is 11.3 Å². The summed E-state index contributed by atoms with van der Waals surface area (Å²) < 4.78 is 13.6. The summed E-state index contributed by atoms with van der Waals surface area (Å²) >= 11 is 1.67. The van der Waals surface area contributed by atoms with Crippen LogP contribution >= 0.6 is 11.8 Å². The maximum Gasteiger partial charge on any atom is 0.162 e. The summed E-state index contributed by atoms with van der Waals surface area (Å²) in [7, 11) is 3.54. The summed E-state index contributed by atoms with van der Waals surface area (Å²) in [5.74, 6) is 1.31. The van der Waals surface area contributed by atoms with Crippen molar-refractivity contribution in [3.05, 3.63) is 70.6 Å². The van der Waals surface area contributed by atoms with Crippen molar-refractivity contribution in [1.29, 1.82) is 5.26 Å². The first kappa shape index (κ1) is 20.2. The Morgan fingerprint density at radius 3 is 2.75 bits per heavy atom. The SMILES string of the molecule is COc1cc2ncc3c(c(-c4ccc(C#N)cc4)nn3C)c2cc1OCC1=CCC=CS1. The first-order valence-corrected chi connectivity index (χ1v) is 11.0. The quantitative estimate of drug-likeness (QED) is 0.403. The van der Waals surface area contributed by atoms with Crippen LogP contribution in [0.1, 0.15) is 12.0 Å². The molecule has 7 heteroatoms. The topological polar surface area (TPSA) is 73.0 Å². The lowest BCUT2D eigenvalue weighted by Crippen LogP contribution is -2.01. The minimum atomic E-state index is 0.482. The summed E-state index contributed by atoms with van der Waals surface area (Å²) in [6, 6.07) is 13.5. The molecule has 2 aromatic heterocycles. The van der Waals surface area contributed by atoms with Crippen LogP contribution < -0.4 is 9.47 Å². The zero-order chi connectivity index (χ0) is 22.1. The highest BCUT2D eigenvalue weighted by atomic mass is 32.2. The molecule has 158 valence electrons. The number of rotatable bonds is 5. The zero-order valence-corrected chi connectivity index (χ0v) is 18.5. The second-order valence-electron chi connectivity index (χ2n) is 7.38. The van der Waals surface area contributed by atoms with Crippen LogP contribution in [-0.2, 0) is 7.05 Å². The van der Waals surface area contributed by atoms with Gasteiger partial charge in [0.05, 0.1) is 36.0 Å². The average Bonchev–Trinajstić information content (AvgIpc) is 3.19. The highest BCUT2D eigenvalue weighted by Crippen LogP contribution is 2.39. The molecule has 0 aliphatic carbocycles. The van der Waals surface area contributed by atoms with E-state index in [1.807, 2.05) is 42.2 Å². The van der Waals surface area contributed by atoms with Crippen LogP contribution in [0.15, 0.2) is 65.1 Å². The van der Waals surface area contributed by atoms with Crippen molar-refractivity contribution in [3.8, 4) is 28.8 Å². The smallest absolute Gasteiger partial charge is 0.162 e. The molecule has 0 unspecified atom stereocenters. The minimum Gasteiger partial charge on any atom is -0.493 e. The first-order chi connectivity index (χ1) is 15.7. The van der Waals surface area contributed by atoms with Crippen LogP contribution in [0.2, 0.25) is 0 Å². The zero-order valence-electron chi connectivity index (χ0n) is 17.7. The molecule has 0 radical (unpaired) electrons. The van der Waals surface area contributed by atoms with E-state index < -0.39 is 0 Å². The average molecular weight is 441 g/mol. The number of benzene rings is 2. The van der Waals surface area contributed by atoms with E-state index in [2.05, 4.69) is 28.6 Å². The van der Waals surface area contributed by atoms with Crippen LogP contribution in [0.25, 0.3) is 33.1 Å². The number of nitrogens with zero attached hydrogens (tertiary/aromatic N) is 4. The number of ether oxygens (including phenoxy) is 2. The van der Waals surface area contributed by atoms with E-state index >= 15 is 0 Å². The molecular formula is C25H20N4O2S. The third-order valence-corrected chi connectivity index (χ3v) is 6.34. The van der Waals surface area contributed by atoms with E-state index in [-0.39, 0.29) is 0 Å². The number of hydrogen-bond acceptors (Lipinski definition) is 6. The highest BCUT2D eigenvalue weighted by Gasteiger charge is 2.18. The molecule has 1 aliphatic heterocycles. The normalized spacial score (nSPS) is 13.2. The molecule has 0 atom stereocenters. The molecule has 32 heavy (non-hydrogen) atoms. The minimum absolute atomic E-state index is 0.482. The monoisotopic (exact) mass is 440 g/mol. The van der Waals surface area contributed by atoms with Gasteiger partial charge in [0.15, 0.2) is 11.5 Å². The lowest BCUT2D eigenvalue weighted by atomic mass is 10.0. The number of methoxy groups -OCH3 is 1. The molecule has 5 rings (SSSR count). The second kappa shape index (κ2) is 8.40. The van der Waals surface area contributed by atoms with Crippen molar-refractivity contribution in [2.75, 3.05) is 13.7 Å². The molecule has 3 heterocycles. The third kappa shape index (κ3) is 3.59. The number of nitriles is 1. The predicted molar refractivity (Wildman–Crippen MR) is 128 cm³/mol. The van der Waals surface area contributed by atoms with Crippen LogP contribution in [0.4, 0.5) is 0 Å². The number of allylic oxidation sites excluding steroid dienone is 2. The fourth-order valence-corrected chi connectivity index (χ4v) is 4.50. The molecule has 0 N–H and O–H groups in total. The number of aryl methyl sites for hydroxylation is 1. The number of fused-ring (bicyclic) bond motifs is 3. The van der Waals surface area contributed by atoms with Crippen LogP contribution in [0.5, 0.6) is 11.5 Å². The molecule has 0 fully saturated rings. The Morgan fingerprint density at radius 2 is 2.03 bits per heavy atom. The second-order valence-corrected chi connectivity index (χ2v) is 8.42. The predicted octanol–water partition coefficient (Wildman–Crippen LogP) is 5.58. The van der Waals surface area contributed by atoms with Gasteiger partial charge in [0, 0.05) is 34.4 Å². The molecule has 0 amide bonds. The highest BCUT2D eigenvalue weighted by molar-refractivity contribution is 8.05. The largest absolute Gasteiger partial charge is 0.493 e. The van der Waals surface area contributed by atoms with Crippen molar-refractivity contribution in [3.63, 3.8) is 0 Å². The van der Waals surface area contributed by atoms with Crippen LogP contribution in [0.3, 0.4) is 0 Å². The maximum absolute atomic E-state index is 9.13. The standard InChI is InChI=1S/C25H20N4O2S/c1-29-21-14-27-20-12-22(30-2)23(31-15-18-5-3-4-10-32-18)11-19(20)24(21)25(28-29)17-8-6-16(13-26)7-9-17/h4-12,14H,3,15H2,1-2H3. The molecule has 0 saturated heterocycles.